The van der Waals surface area contributed by atoms with Gasteiger partial charge in [-0.3, -0.25) is 4.90 Å². The van der Waals surface area contributed by atoms with Gasteiger partial charge < -0.3 is 5.11 Å². The van der Waals surface area contributed by atoms with Gasteiger partial charge in [0.2, 0.25) is 0 Å². The first-order valence-electron chi connectivity index (χ1n) is 4.55. The van der Waals surface area contributed by atoms with Crippen molar-refractivity contribution in [3.05, 3.63) is 0 Å². The second-order valence-electron chi connectivity index (χ2n) is 3.48. The number of β-amino-alcohol motifs (C(OH)–C–C–N with tert-alkyl or cyclic N) is 1. The average molecular weight is 168 g/mol. The molecule has 0 radical (unpaired) electrons. The molecule has 1 fully saturated rings. The Hall–Kier alpha value is -0.590. The van der Waals surface area contributed by atoms with Gasteiger partial charge in [-0.25, -0.2) is 0 Å². The maximum absolute atomic E-state index is 9.17. The summed E-state index contributed by atoms with van der Waals surface area (Å²) in [6, 6.07) is 2.31. The van der Waals surface area contributed by atoms with Crippen LogP contribution in [-0.2, 0) is 0 Å². The first kappa shape index (κ1) is 9.50. The van der Waals surface area contributed by atoms with E-state index < -0.39 is 0 Å². The van der Waals surface area contributed by atoms with Gasteiger partial charge in [0.05, 0.1) is 18.2 Å². The van der Waals surface area contributed by atoms with Gasteiger partial charge >= 0.3 is 0 Å². The van der Waals surface area contributed by atoms with Gasteiger partial charge in [-0.1, -0.05) is 0 Å². The molecule has 0 aromatic carbocycles. The lowest BCUT2D eigenvalue weighted by molar-refractivity contribution is 0.0948. The molecule has 2 atom stereocenters. The molecule has 1 saturated heterocycles. The lowest BCUT2D eigenvalue weighted by Crippen LogP contribution is -2.42. The quantitative estimate of drug-likeness (QED) is 0.661. The van der Waals surface area contributed by atoms with Crippen LogP contribution in [0.1, 0.15) is 26.2 Å². The molecule has 3 nitrogen and oxygen atoms in total. The molecule has 12 heavy (non-hydrogen) atoms. The van der Waals surface area contributed by atoms with Crippen LogP contribution >= 0.6 is 0 Å². The Balaban J connectivity index is 2.43. The molecule has 1 rings (SSSR count). The molecule has 0 aromatic heterocycles. The lowest BCUT2D eigenvalue weighted by Gasteiger charge is -2.31. The van der Waals surface area contributed by atoms with Crippen molar-refractivity contribution in [3.63, 3.8) is 0 Å². The number of aliphatic hydroxyl groups excluding tert-OH is 1. The number of likely N-dealkylation sites (tertiary alicyclic amines) is 1. The van der Waals surface area contributed by atoms with Crippen molar-refractivity contribution in [2.75, 3.05) is 13.1 Å². The van der Waals surface area contributed by atoms with E-state index in [-0.39, 0.29) is 12.1 Å². The van der Waals surface area contributed by atoms with E-state index in [2.05, 4.69) is 11.0 Å². The third-order valence-electron chi connectivity index (χ3n) is 2.26. The van der Waals surface area contributed by atoms with Gasteiger partial charge in [0, 0.05) is 6.54 Å². The summed E-state index contributed by atoms with van der Waals surface area (Å²) in [7, 11) is 0. The third-order valence-corrected chi connectivity index (χ3v) is 2.26. The molecule has 1 N–H and O–H groups in total. The number of aliphatic hydroxyl groups is 1. The highest BCUT2D eigenvalue weighted by molar-refractivity contribution is 4.94. The summed E-state index contributed by atoms with van der Waals surface area (Å²) in [5.41, 5.74) is 0. The molecule has 3 heteroatoms. The van der Waals surface area contributed by atoms with Gasteiger partial charge in [0.1, 0.15) is 0 Å². The van der Waals surface area contributed by atoms with E-state index in [1.165, 1.54) is 0 Å². The van der Waals surface area contributed by atoms with E-state index >= 15 is 0 Å². The minimum Gasteiger partial charge on any atom is -0.392 e. The molecule has 0 aliphatic carbocycles. The normalized spacial score (nSPS) is 27.9. The fraction of sp³-hybridized carbons (Fsp3) is 0.889. The van der Waals surface area contributed by atoms with E-state index in [0.717, 1.165) is 25.8 Å². The summed E-state index contributed by atoms with van der Waals surface area (Å²) in [5, 5.41) is 18.0. The van der Waals surface area contributed by atoms with Crippen LogP contribution in [0.3, 0.4) is 0 Å². The monoisotopic (exact) mass is 168 g/mol. The van der Waals surface area contributed by atoms with Crippen molar-refractivity contribution in [2.45, 2.75) is 38.3 Å². The zero-order chi connectivity index (χ0) is 8.97. The minimum absolute atomic E-state index is 0.0355. The fourth-order valence-electron chi connectivity index (χ4n) is 1.70. The standard InChI is InChI=1S/C9H16N2O/c1-8(12)7-11-5-3-2-4-9(11)6-10/h8-9,12H,2-5,7H2,1H3. The summed E-state index contributed by atoms with van der Waals surface area (Å²) < 4.78 is 0. The van der Waals surface area contributed by atoms with Gasteiger partial charge in [-0.05, 0) is 32.7 Å². The SMILES string of the molecule is CC(O)CN1CCCCC1C#N. The van der Waals surface area contributed by atoms with Crippen LogP contribution in [0.25, 0.3) is 0 Å². The summed E-state index contributed by atoms with van der Waals surface area (Å²) in [5.74, 6) is 0. The maximum Gasteiger partial charge on any atom is 0.0978 e. The Morgan fingerprint density at radius 1 is 1.67 bits per heavy atom. The molecule has 68 valence electrons. The highest BCUT2D eigenvalue weighted by Crippen LogP contribution is 2.16. The van der Waals surface area contributed by atoms with Gasteiger partial charge in [0.25, 0.3) is 0 Å². The molecule has 1 heterocycles. The Labute approximate surface area is 73.6 Å². The van der Waals surface area contributed by atoms with Crippen LogP contribution in [0.15, 0.2) is 0 Å². The van der Waals surface area contributed by atoms with Crippen LogP contribution in [0.2, 0.25) is 0 Å². The summed E-state index contributed by atoms with van der Waals surface area (Å²) >= 11 is 0. The second-order valence-corrected chi connectivity index (χ2v) is 3.48. The molecule has 0 spiro atoms. The van der Waals surface area contributed by atoms with Crippen LogP contribution in [-0.4, -0.2) is 35.2 Å². The Kier molecular flexibility index (Phi) is 3.51. The highest BCUT2D eigenvalue weighted by atomic mass is 16.3. The van der Waals surface area contributed by atoms with Crippen LogP contribution in [0.5, 0.6) is 0 Å². The Bertz CT molecular complexity index is 174. The number of hydrogen-bond acceptors (Lipinski definition) is 3. The molecule has 1 aliphatic heterocycles. The number of rotatable bonds is 2. The molecule has 1 aliphatic rings. The van der Waals surface area contributed by atoms with Gasteiger partial charge in [-0.15, -0.1) is 0 Å². The fourth-order valence-corrected chi connectivity index (χ4v) is 1.70. The van der Waals surface area contributed by atoms with Crippen molar-refractivity contribution < 1.29 is 5.11 Å². The molecular formula is C9H16N2O. The van der Waals surface area contributed by atoms with Gasteiger partial charge in [0.15, 0.2) is 0 Å². The van der Waals surface area contributed by atoms with Crippen LogP contribution in [0.4, 0.5) is 0 Å². The van der Waals surface area contributed by atoms with Crippen LogP contribution < -0.4 is 0 Å². The first-order chi connectivity index (χ1) is 5.74. The zero-order valence-electron chi connectivity index (χ0n) is 7.53. The molecule has 0 saturated carbocycles. The smallest absolute Gasteiger partial charge is 0.0978 e. The molecule has 0 aromatic rings. The number of nitriles is 1. The number of piperidine rings is 1. The van der Waals surface area contributed by atoms with E-state index in [0.29, 0.717) is 6.54 Å². The first-order valence-corrected chi connectivity index (χ1v) is 4.55. The highest BCUT2D eigenvalue weighted by Gasteiger charge is 2.22. The second kappa shape index (κ2) is 4.44. The Morgan fingerprint density at radius 3 is 3.00 bits per heavy atom. The van der Waals surface area contributed by atoms with Crippen molar-refractivity contribution in [2.24, 2.45) is 0 Å². The third kappa shape index (κ3) is 2.47. The molecule has 2 unspecified atom stereocenters. The van der Waals surface area contributed by atoms with Crippen molar-refractivity contribution >= 4 is 0 Å². The predicted octanol–water partition coefficient (Wildman–Crippen LogP) is 0.745. The van der Waals surface area contributed by atoms with Crippen molar-refractivity contribution in [1.29, 1.82) is 5.26 Å². The summed E-state index contributed by atoms with van der Waals surface area (Å²) in [6.07, 6.45) is 2.95. The maximum atomic E-state index is 9.17. The van der Waals surface area contributed by atoms with Crippen LogP contribution in [0, 0.1) is 11.3 Å². The van der Waals surface area contributed by atoms with Crippen molar-refractivity contribution in [1.82, 2.24) is 4.90 Å². The molecular weight excluding hydrogens is 152 g/mol. The van der Waals surface area contributed by atoms with Gasteiger partial charge in [-0.2, -0.15) is 5.26 Å². The molecule has 0 amide bonds. The minimum atomic E-state index is -0.320. The largest absolute Gasteiger partial charge is 0.392 e. The summed E-state index contributed by atoms with van der Waals surface area (Å²) in [6.45, 7) is 3.37. The molecule has 0 bridgehead atoms. The van der Waals surface area contributed by atoms with Crippen molar-refractivity contribution in [3.8, 4) is 6.07 Å². The van der Waals surface area contributed by atoms with E-state index in [9.17, 15) is 0 Å². The number of nitrogens with zero attached hydrogens (tertiary/aromatic N) is 2. The van der Waals surface area contributed by atoms with E-state index in [4.69, 9.17) is 10.4 Å². The predicted molar refractivity (Wildman–Crippen MR) is 46.5 cm³/mol. The summed E-state index contributed by atoms with van der Waals surface area (Å²) in [4.78, 5) is 2.08. The lowest BCUT2D eigenvalue weighted by atomic mass is 10.0. The zero-order valence-corrected chi connectivity index (χ0v) is 7.53. The number of hydrogen-bond donors (Lipinski definition) is 1. The van der Waals surface area contributed by atoms with E-state index in [1.54, 1.807) is 6.92 Å². The van der Waals surface area contributed by atoms with E-state index in [1.807, 2.05) is 0 Å². The Morgan fingerprint density at radius 2 is 2.42 bits per heavy atom. The topological polar surface area (TPSA) is 47.3 Å². The average Bonchev–Trinajstić information content (AvgIpc) is 2.04.